The molecule has 2 fully saturated rings. The lowest BCUT2D eigenvalue weighted by atomic mass is 10.2. The maximum Gasteiger partial charge on any atom is 0.188 e. The van der Waals surface area contributed by atoms with Gasteiger partial charge < -0.3 is 25.4 Å². The zero-order valence-corrected chi connectivity index (χ0v) is 15.4. The molecule has 0 radical (unpaired) electrons. The smallest absolute Gasteiger partial charge is 0.188 e. The second kappa shape index (κ2) is 10.3. The molecule has 0 aromatic carbocycles. The summed E-state index contributed by atoms with van der Waals surface area (Å²) in [5, 5.41) is 3.21. The van der Waals surface area contributed by atoms with Gasteiger partial charge >= 0.3 is 0 Å². The molecule has 0 bridgehead atoms. The third-order valence-corrected chi connectivity index (χ3v) is 4.66. The maximum atomic E-state index is 6.02. The van der Waals surface area contributed by atoms with Gasteiger partial charge in [0.2, 0.25) is 0 Å². The zero-order valence-electron chi connectivity index (χ0n) is 15.4. The number of anilines is 1. The van der Waals surface area contributed by atoms with Crippen molar-refractivity contribution < 1.29 is 9.47 Å². The molecule has 2 aliphatic rings. The fraction of sp³-hybridized carbons (Fsp3) is 0.667. The first kappa shape index (κ1) is 18.9. The summed E-state index contributed by atoms with van der Waals surface area (Å²) in [5.74, 6) is 1.48. The molecule has 0 amide bonds. The molecular weight excluding hydrogens is 332 g/mol. The quantitative estimate of drug-likeness (QED) is 0.402. The van der Waals surface area contributed by atoms with Crippen LogP contribution in [0.4, 0.5) is 5.82 Å². The van der Waals surface area contributed by atoms with E-state index in [4.69, 9.17) is 15.2 Å². The van der Waals surface area contributed by atoms with Crippen LogP contribution in [0.1, 0.15) is 12.0 Å². The zero-order chi connectivity index (χ0) is 18.0. The number of pyridine rings is 1. The Bertz CT molecular complexity index is 571. The molecule has 144 valence electrons. The third-order valence-electron chi connectivity index (χ3n) is 4.66. The van der Waals surface area contributed by atoms with Crippen LogP contribution in [0.15, 0.2) is 23.3 Å². The van der Waals surface area contributed by atoms with Crippen molar-refractivity contribution in [3.05, 3.63) is 23.9 Å². The molecule has 2 aliphatic heterocycles. The van der Waals surface area contributed by atoms with Crippen LogP contribution in [0.3, 0.4) is 0 Å². The normalized spacial score (nSPS) is 19.5. The van der Waals surface area contributed by atoms with E-state index in [9.17, 15) is 0 Å². The average Bonchev–Trinajstić information content (AvgIpc) is 2.71. The Labute approximate surface area is 155 Å². The van der Waals surface area contributed by atoms with Gasteiger partial charge in [-0.1, -0.05) is 6.07 Å². The van der Waals surface area contributed by atoms with Gasteiger partial charge in [-0.05, 0) is 19.0 Å². The molecule has 0 spiro atoms. The van der Waals surface area contributed by atoms with E-state index < -0.39 is 0 Å². The van der Waals surface area contributed by atoms with E-state index >= 15 is 0 Å². The lowest BCUT2D eigenvalue weighted by Gasteiger charge is -2.29. The molecular formula is C18H30N6O2. The molecule has 1 aromatic heterocycles. The predicted molar refractivity (Wildman–Crippen MR) is 102 cm³/mol. The Morgan fingerprint density at radius 3 is 2.65 bits per heavy atom. The molecule has 8 nitrogen and oxygen atoms in total. The van der Waals surface area contributed by atoms with Crippen LogP contribution in [0, 0.1) is 0 Å². The van der Waals surface area contributed by atoms with Gasteiger partial charge in [0.25, 0.3) is 0 Å². The van der Waals surface area contributed by atoms with Crippen molar-refractivity contribution in [2.45, 2.75) is 13.0 Å². The molecule has 8 heteroatoms. The molecule has 3 rings (SSSR count). The standard InChI is InChI=1S/C18H30N6O2/c19-18(21-5-2-6-23-7-11-25-12-8-23)22-15-16-3-1-4-20-17(16)24-9-13-26-14-10-24/h1,3-4H,2,5-15H2,(H3,19,21,22). The summed E-state index contributed by atoms with van der Waals surface area (Å²) < 4.78 is 10.8. The van der Waals surface area contributed by atoms with Crippen LogP contribution < -0.4 is 16.0 Å². The van der Waals surface area contributed by atoms with E-state index in [1.165, 1.54) is 0 Å². The molecule has 2 saturated heterocycles. The van der Waals surface area contributed by atoms with Gasteiger partial charge in [0.1, 0.15) is 5.82 Å². The van der Waals surface area contributed by atoms with Crippen LogP contribution >= 0.6 is 0 Å². The lowest BCUT2D eigenvalue weighted by Crippen LogP contribution is -2.39. The first-order valence-corrected chi connectivity index (χ1v) is 9.43. The summed E-state index contributed by atoms with van der Waals surface area (Å²) in [6.07, 6.45) is 2.87. The summed E-state index contributed by atoms with van der Waals surface area (Å²) in [6.45, 7) is 9.36. The van der Waals surface area contributed by atoms with E-state index in [0.29, 0.717) is 12.5 Å². The minimum absolute atomic E-state index is 0.490. The number of aromatic nitrogens is 1. The van der Waals surface area contributed by atoms with E-state index in [-0.39, 0.29) is 0 Å². The molecule has 0 aliphatic carbocycles. The van der Waals surface area contributed by atoms with E-state index in [0.717, 1.165) is 83.5 Å². The summed E-state index contributed by atoms with van der Waals surface area (Å²) in [4.78, 5) is 13.7. The van der Waals surface area contributed by atoms with Crippen LogP contribution in [-0.2, 0) is 16.0 Å². The number of nitrogens with two attached hydrogens (primary N) is 1. The Balaban J connectivity index is 1.43. The Morgan fingerprint density at radius 2 is 1.88 bits per heavy atom. The van der Waals surface area contributed by atoms with Crippen molar-refractivity contribution in [1.29, 1.82) is 0 Å². The Hall–Kier alpha value is -1.90. The number of aliphatic imine (C=N–C) groups is 1. The fourth-order valence-corrected chi connectivity index (χ4v) is 3.18. The second-order valence-corrected chi connectivity index (χ2v) is 6.52. The number of nitrogens with zero attached hydrogens (tertiary/aromatic N) is 4. The summed E-state index contributed by atoms with van der Waals surface area (Å²) in [7, 11) is 0. The molecule has 0 atom stereocenters. The molecule has 0 unspecified atom stereocenters. The molecule has 3 N–H and O–H groups in total. The number of hydrogen-bond acceptors (Lipinski definition) is 6. The van der Waals surface area contributed by atoms with E-state index in [1.54, 1.807) is 0 Å². The highest BCUT2D eigenvalue weighted by molar-refractivity contribution is 5.77. The second-order valence-electron chi connectivity index (χ2n) is 6.52. The monoisotopic (exact) mass is 362 g/mol. The minimum Gasteiger partial charge on any atom is -0.379 e. The number of rotatable bonds is 7. The van der Waals surface area contributed by atoms with Crippen molar-refractivity contribution in [2.75, 3.05) is 70.6 Å². The number of guanidine groups is 1. The van der Waals surface area contributed by atoms with Crippen molar-refractivity contribution in [1.82, 2.24) is 15.2 Å². The van der Waals surface area contributed by atoms with Crippen LogP contribution in [0.5, 0.6) is 0 Å². The minimum atomic E-state index is 0.490. The van der Waals surface area contributed by atoms with Gasteiger partial charge in [-0.15, -0.1) is 0 Å². The fourth-order valence-electron chi connectivity index (χ4n) is 3.18. The molecule has 1 aromatic rings. The van der Waals surface area contributed by atoms with E-state index in [2.05, 4.69) is 31.2 Å². The van der Waals surface area contributed by atoms with Gasteiger partial charge in [-0.2, -0.15) is 0 Å². The maximum absolute atomic E-state index is 6.02. The van der Waals surface area contributed by atoms with Crippen LogP contribution in [-0.4, -0.2) is 81.5 Å². The summed E-state index contributed by atoms with van der Waals surface area (Å²) in [6, 6.07) is 4.01. The predicted octanol–water partition coefficient (Wildman–Crippen LogP) is 0.0448. The van der Waals surface area contributed by atoms with Crippen LogP contribution in [0.25, 0.3) is 0 Å². The largest absolute Gasteiger partial charge is 0.379 e. The van der Waals surface area contributed by atoms with Crippen molar-refractivity contribution in [3.63, 3.8) is 0 Å². The number of nitrogens with one attached hydrogen (secondary N) is 1. The summed E-state index contributed by atoms with van der Waals surface area (Å²) in [5.41, 5.74) is 7.11. The Morgan fingerprint density at radius 1 is 1.15 bits per heavy atom. The van der Waals surface area contributed by atoms with Gasteiger partial charge in [-0.3, -0.25) is 4.90 Å². The lowest BCUT2D eigenvalue weighted by molar-refractivity contribution is 0.0376. The SMILES string of the molecule is NC(=NCc1cccnc1N1CCOCC1)NCCCN1CCOCC1. The van der Waals surface area contributed by atoms with Crippen molar-refractivity contribution in [3.8, 4) is 0 Å². The number of ether oxygens (including phenoxy) is 2. The first-order chi connectivity index (χ1) is 12.8. The highest BCUT2D eigenvalue weighted by Crippen LogP contribution is 2.19. The molecule has 0 saturated carbocycles. The number of morpholine rings is 2. The molecule has 26 heavy (non-hydrogen) atoms. The molecule has 3 heterocycles. The highest BCUT2D eigenvalue weighted by Gasteiger charge is 2.15. The van der Waals surface area contributed by atoms with Gasteiger partial charge in [0.15, 0.2) is 5.96 Å². The Kier molecular flexibility index (Phi) is 7.48. The first-order valence-electron chi connectivity index (χ1n) is 9.43. The van der Waals surface area contributed by atoms with Gasteiger partial charge in [0, 0.05) is 44.5 Å². The number of hydrogen-bond donors (Lipinski definition) is 2. The topological polar surface area (TPSA) is 88.2 Å². The van der Waals surface area contributed by atoms with E-state index in [1.807, 2.05) is 12.3 Å². The average molecular weight is 362 g/mol. The van der Waals surface area contributed by atoms with Gasteiger partial charge in [0.05, 0.1) is 33.0 Å². The van der Waals surface area contributed by atoms with Crippen molar-refractivity contribution in [2.24, 2.45) is 10.7 Å². The third kappa shape index (κ3) is 5.82. The highest BCUT2D eigenvalue weighted by atomic mass is 16.5. The van der Waals surface area contributed by atoms with Crippen LogP contribution in [0.2, 0.25) is 0 Å². The van der Waals surface area contributed by atoms with Crippen molar-refractivity contribution >= 4 is 11.8 Å². The summed E-state index contributed by atoms with van der Waals surface area (Å²) >= 11 is 0. The van der Waals surface area contributed by atoms with Gasteiger partial charge in [-0.25, -0.2) is 9.98 Å².